The molecule has 0 spiro atoms. The van der Waals surface area contributed by atoms with Crippen LogP contribution in [-0.4, -0.2) is 50.7 Å². The van der Waals surface area contributed by atoms with Crippen LogP contribution in [0.2, 0.25) is 0 Å². The topological polar surface area (TPSA) is 131 Å². The summed E-state index contributed by atoms with van der Waals surface area (Å²) < 4.78 is 11.3. The standard InChI is InChI=1S/C12H16N2O7/c1-5-3-14(12(19)13-10(5)18)11-8(17)9(20-6(2)16)7(4-15)21-11/h3,7-9,11,15,17H,4H2,1-2H3,(H,13,18,19)/t7-,8?,9?,11-/m1/s1. The number of carbonyl (C=O) groups is 1. The third-order valence-corrected chi connectivity index (χ3v) is 3.21. The van der Waals surface area contributed by atoms with Crippen LogP contribution in [0.5, 0.6) is 0 Å². The minimum Gasteiger partial charge on any atom is -0.457 e. The molecule has 0 amide bonds. The maximum atomic E-state index is 11.8. The van der Waals surface area contributed by atoms with Crippen LogP contribution in [0.3, 0.4) is 0 Å². The molecule has 3 N–H and O–H groups in total. The minimum absolute atomic E-state index is 0.252. The maximum Gasteiger partial charge on any atom is 0.330 e. The lowest BCUT2D eigenvalue weighted by Crippen LogP contribution is -2.40. The van der Waals surface area contributed by atoms with E-state index in [1.54, 1.807) is 0 Å². The Balaban J connectivity index is 2.37. The highest BCUT2D eigenvalue weighted by molar-refractivity contribution is 5.66. The average Bonchev–Trinajstić information content (AvgIpc) is 2.71. The zero-order chi connectivity index (χ0) is 15.7. The maximum absolute atomic E-state index is 11.8. The molecule has 9 heteroatoms. The van der Waals surface area contributed by atoms with Gasteiger partial charge in [-0.2, -0.15) is 0 Å². The molecule has 1 fully saturated rings. The van der Waals surface area contributed by atoms with Crippen LogP contribution in [0.25, 0.3) is 0 Å². The largest absolute Gasteiger partial charge is 0.457 e. The van der Waals surface area contributed by atoms with Crippen molar-refractivity contribution in [1.29, 1.82) is 0 Å². The minimum atomic E-state index is -1.35. The smallest absolute Gasteiger partial charge is 0.330 e. The van der Waals surface area contributed by atoms with E-state index in [9.17, 15) is 24.6 Å². The molecular formula is C12H16N2O7. The summed E-state index contributed by atoms with van der Waals surface area (Å²) in [6.45, 7) is 2.15. The summed E-state index contributed by atoms with van der Waals surface area (Å²) in [7, 11) is 0. The molecule has 2 unspecified atom stereocenters. The molecule has 116 valence electrons. The predicted octanol–water partition coefficient (Wildman–Crippen LogP) is -1.97. The van der Waals surface area contributed by atoms with Gasteiger partial charge in [0, 0.05) is 18.7 Å². The van der Waals surface area contributed by atoms with E-state index in [1.165, 1.54) is 13.1 Å². The normalized spacial score (nSPS) is 28.6. The van der Waals surface area contributed by atoms with E-state index in [1.807, 2.05) is 0 Å². The Kier molecular flexibility index (Phi) is 4.26. The van der Waals surface area contributed by atoms with Crippen molar-refractivity contribution in [3.05, 3.63) is 32.6 Å². The van der Waals surface area contributed by atoms with Crippen LogP contribution in [0.1, 0.15) is 18.7 Å². The molecule has 2 rings (SSSR count). The highest BCUT2D eigenvalue weighted by atomic mass is 16.6. The van der Waals surface area contributed by atoms with Gasteiger partial charge in [-0.1, -0.05) is 0 Å². The second-order valence-electron chi connectivity index (χ2n) is 4.79. The molecule has 0 radical (unpaired) electrons. The van der Waals surface area contributed by atoms with Crippen molar-refractivity contribution in [3.8, 4) is 0 Å². The van der Waals surface area contributed by atoms with Gasteiger partial charge in [-0.25, -0.2) is 4.79 Å². The number of carbonyl (C=O) groups excluding carboxylic acids is 1. The van der Waals surface area contributed by atoms with Crippen molar-refractivity contribution >= 4 is 5.97 Å². The Labute approximate surface area is 118 Å². The van der Waals surface area contributed by atoms with Crippen LogP contribution in [-0.2, 0) is 14.3 Å². The first-order valence-electron chi connectivity index (χ1n) is 6.28. The molecule has 1 saturated heterocycles. The van der Waals surface area contributed by atoms with Crippen LogP contribution in [0, 0.1) is 6.92 Å². The number of aliphatic hydroxyl groups is 2. The van der Waals surface area contributed by atoms with Gasteiger partial charge in [0.1, 0.15) is 12.2 Å². The molecule has 9 nitrogen and oxygen atoms in total. The molecule has 2 heterocycles. The third kappa shape index (κ3) is 2.89. The van der Waals surface area contributed by atoms with Crippen LogP contribution < -0.4 is 11.2 Å². The summed E-state index contributed by atoms with van der Waals surface area (Å²) in [5.74, 6) is -0.647. The second-order valence-corrected chi connectivity index (χ2v) is 4.79. The van der Waals surface area contributed by atoms with E-state index < -0.39 is 48.4 Å². The summed E-state index contributed by atoms with van der Waals surface area (Å²) in [5.41, 5.74) is -1.06. The molecule has 1 aromatic rings. The Bertz CT molecular complexity index is 650. The number of aryl methyl sites for hydroxylation is 1. The molecule has 0 bridgehead atoms. The van der Waals surface area contributed by atoms with E-state index in [4.69, 9.17) is 9.47 Å². The Morgan fingerprint density at radius 1 is 1.52 bits per heavy atom. The molecule has 1 aliphatic rings. The number of aliphatic hydroxyl groups excluding tert-OH is 2. The summed E-state index contributed by atoms with van der Waals surface area (Å²) >= 11 is 0. The Morgan fingerprint density at radius 2 is 2.19 bits per heavy atom. The van der Waals surface area contributed by atoms with Crippen molar-refractivity contribution < 1.29 is 24.5 Å². The fraction of sp³-hybridized carbons (Fsp3) is 0.583. The van der Waals surface area contributed by atoms with E-state index in [-0.39, 0.29) is 5.56 Å². The monoisotopic (exact) mass is 300 g/mol. The summed E-state index contributed by atoms with van der Waals surface area (Å²) in [6, 6.07) is 0. The fourth-order valence-electron chi connectivity index (χ4n) is 2.21. The molecule has 1 aliphatic heterocycles. The number of nitrogens with zero attached hydrogens (tertiary/aromatic N) is 1. The van der Waals surface area contributed by atoms with Gasteiger partial charge in [0.05, 0.1) is 6.61 Å². The third-order valence-electron chi connectivity index (χ3n) is 3.21. The first-order chi connectivity index (χ1) is 9.85. The predicted molar refractivity (Wildman–Crippen MR) is 68.6 cm³/mol. The second kappa shape index (κ2) is 5.80. The number of esters is 1. The molecule has 0 aliphatic carbocycles. The SMILES string of the molecule is CC(=O)OC1C(O)[C@H](n2cc(C)c(=O)[nH]c2=O)O[C@@H]1CO. The molecule has 0 saturated carbocycles. The lowest BCUT2D eigenvalue weighted by atomic mass is 10.1. The van der Waals surface area contributed by atoms with E-state index in [0.29, 0.717) is 0 Å². The number of hydrogen-bond acceptors (Lipinski definition) is 7. The van der Waals surface area contributed by atoms with Crippen molar-refractivity contribution in [2.24, 2.45) is 0 Å². The van der Waals surface area contributed by atoms with Gasteiger partial charge < -0.3 is 19.7 Å². The average molecular weight is 300 g/mol. The first kappa shape index (κ1) is 15.4. The zero-order valence-electron chi connectivity index (χ0n) is 11.5. The van der Waals surface area contributed by atoms with Crippen LogP contribution in [0.15, 0.2) is 15.8 Å². The molecular weight excluding hydrogens is 284 g/mol. The Morgan fingerprint density at radius 3 is 2.76 bits per heavy atom. The quantitative estimate of drug-likeness (QED) is 0.552. The zero-order valence-corrected chi connectivity index (χ0v) is 11.5. The lowest BCUT2D eigenvalue weighted by molar-refractivity contribution is -0.153. The van der Waals surface area contributed by atoms with Gasteiger partial charge in [0.15, 0.2) is 12.3 Å². The number of nitrogens with one attached hydrogen (secondary N) is 1. The first-order valence-corrected chi connectivity index (χ1v) is 6.28. The Hall–Kier alpha value is -1.97. The van der Waals surface area contributed by atoms with Gasteiger partial charge in [0.25, 0.3) is 5.56 Å². The number of hydrogen-bond donors (Lipinski definition) is 3. The molecule has 0 aromatic carbocycles. The number of aromatic nitrogens is 2. The highest BCUT2D eigenvalue weighted by Crippen LogP contribution is 2.30. The number of aromatic amines is 1. The lowest BCUT2D eigenvalue weighted by Gasteiger charge is -2.19. The molecule has 21 heavy (non-hydrogen) atoms. The van der Waals surface area contributed by atoms with Crippen LogP contribution in [0.4, 0.5) is 0 Å². The fourth-order valence-corrected chi connectivity index (χ4v) is 2.21. The van der Waals surface area contributed by atoms with E-state index in [2.05, 4.69) is 4.98 Å². The summed E-state index contributed by atoms with van der Waals surface area (Å²) in [4.78, 5) is 36.2. The van der Waals surface area contributed by atoms with Gasteiger partial charge >= 0.3 is 11.7 Å². The van der Waals surface area contributed by atoms with Gasteiger partial charge in [-0.15, -0.1) is 0 Å². The summed E-state index contributed by atoms with van der Waals surface area (Å²) in [5, 5.41) is 19.4. The van der Waals surface area contributed by atoms with Gasteiger partial charge in [-0.05, 0) is 6.92 Å². The van der Waals surface area contributed by atoms with E-state index >= 15 is 0 Å². The number of ether oxygens (including phenoxy) is 2. The molecule has 4 atom stereocenters. The number of rotatable bonds is 3. The van der Waals surface area contributed by atoms with Crippen molar-refractivity contribution in [2.75, 3.05) is 6.61 Å². The van der Waals surface area contributed by atoms with Gasteiger partial charge in [0.2, 0.25) is 0 Å². The number of H-pyrrole nitrogens is 1. The van der Waals surface area contributed by atoms with Crippen molar-refractivity contribution in [2.45, 2.75) is 38.4 Å². The van der Waals surface area contributed by atoms with Gasteiger partial charge in [-0.3, -0.25) is 19.1 Å². The summed E-state index contributed by atoms with van der Waals surface area (Å²) in [6.07, 6.45) is -3.35. The van der Waals surface area contributed by atoms with E-state index in [0.717, 1.165) is 11.5 Å². The molecule has 1 aromatic heterocycles. The van der Waals surface area contributed by atoms with Crippen molar-refractivity contribution in [3.63, 3.8) is 0 Å². The van der Waals surface area contributed by atoms with Crippen molar-refractivity contribution in [1.82, 2.24) is 9.55 Å². The highest BCUT2D eigenvalue weighted by Gasteiger charge is 2.47. The van der Waals surface area contributed by atoms with Crippen LogP contribution >= 0.6 is 0 Å².